The fourth-order valence-corrected chi connectivity index (χ4v) is 2.56. The molecule has 0 N–H and O–H groups in total. The highest BCUT2D eigenvalue weighted by Gasteiger charge is 2.46. The number of hydrogen-bond donors (Lipinski definition) is 0. The van der Waals surface area contributed by atoms with E-state index in [1.165, 1.54) is 12.1 Å². The smallest absolute Gasteiger partial charge is 0.197 e. The van der Waals surface area contributed by atoms with E-state index in [1.807, 2.05) is 24.3 Å². The topological polar surface area (TPSA) is 23.8 Å². The molecule has 0 radical (unpaired) electrons. The molecule has 0 unspecified atom stereocenters. The van der Waals surface area contributed by atoms with Crippen molar-refractivity contribution in [3.8, 4) is 17.2 Å². The Morgan fingerprint density at radius 2 is 1.57 bits per heavy atom. The predicted octanol–water partition coefficient (Wildman–Crippen LogP) is 4.93. The van der Waals surface area contributed by atoms with Crippen LogP contribution >= 0.6 is 0 Å². The average Bonchev–Trinajstić information content (AvgIpc) is 3.28. The molecule has 106 valence electrons. The van der Waals surface area contributed by atoms with Crippen LogP contribution in [0.3, 0.4) is 0 Å². The molecule has 1 aliphatic rings. The fourth-order valence-electron chi connectivity index (χ4n) is 2.56. The summed E-state index contributed by atoms with van der Waals surface area (Å²) in [6.07, 6.45) is -2.72. The Labute approximate surface area is 120 Å². The van der Waals surface area contributed by atoms with Crippen molar-refractivity contribution in [2.24, 2.45) is 0 Å². The van der Waals surface area contributed by atoms with Gasteiger partial charge in [0.2, 0.25) is 0 Å². The van der Waals surface area contributed by atoms with E-state index in [0.717, 1.165) is 36.1 Å². The number of halogens is 3. The van der Waals surface area contributed by atoms with E-state index in [9.17, 15) is 18.4 Å². The summed E-state index contributed by atoms with van der Waals surface area (Å²) >= 11 is 0. The van der Waals surface area contributed by atoms with Gasteiger partial charge in [-0.05, 0) is 41.7 Å². The summed E-state index contributed by atoms with van der Waals surface area (Å²) in [5, 5.41) is 9.33. The second kappa shape index (κ2) is 4.63. The lowest BCUT2D eigenvalue weighted by Gasteiger charge is -2.14. The van der Waals surface area contributed by atoms with Crippen molar-refractivity contribution >= 4 is 0 Å². The molecule has 21 heavy (non-hydrogen) atoms. The van der Waals surface area contributed by atoms with Crippen LogP contribution in [0.1, 0.15) is 24.0 Å². The highest BCUT2D eigenvalue weighted by Crippen LogP contribution is 2.50. The number of alkyl halides is 3. The standard InChI is InChI=1S/C17H12F3N/c18-17(19,20)13-7-5-12(6-8-13)14-3-1-2-4-15(14)16(11-21)9-10-16/h1-8H,9-10H2. The second-order valence-corrected chi connectivity index (χ2v) is 5.31. The Balaban J connectivity index is 2.04. The van der Waals surface area contributed by atoms with E-state index < -0.39 is 17.2 Å². The molecule has 1 nitrogen and oxygen atoms in total. The highest BCUT2D eigenvalue weighted by atomic mass is 19.4. The summed E-state index contributed by atoms with van der Waals surface area (Å²) in [4.78, 5) is 0. The first kappa shape index (κ1) is 13.7. The fraction of sp³-hybridized carbons (Fsp3) is 0.235. The lowest BCUT2D eigenvalue weighted by molar-refractivity contribution is -0.137. The van der Waals surface area contributed by atoms with Crippen molar-refractivity contribution in [2.75, 3.05) is 0 Å². The Morgan fingerprint density at radius 3 is 2.10 bits per heavy atom. The zero-order valence-corrected chi connectivity index (χ0v) is 11.1. The van der Waals surface area contributed by atoms with E-state index in [-0.39, 0.29) is 0 Å². The Bertz CT molecular complexity index is 704. The van der Waals surface area contributed by atoms with E-state index in [0.29, 0.717) is 5.56 Å². The molecule has 1 aliphatic carbocycles. The molecule has 0 aliphatic heterocycles. The second-order valence-electron chi connectivity index (χ2n) is 5.31. The quantitative estimate of drug-likeness (QED) is 0.768. The zero-order chi connectivity index (χ0) is 15.1. The number of hydrogen-bond acceptors (Lipinski definition) is 1. The Kier molecular flexibility index (Phi) is 3.02. The van der Waals surface area contributed by atoms with Crippen molar-refractivity contribution in [2.45, 2.75) is 24.4 Å². The van der Waals surface area contributed by atoms with Crippen LogP contribution in [-0.2, 0) is 11.6 Å². The maximum absolute atomic E-state index is 12.6. The molecule has 0 spiro atoms. The highest BCUT2D eigenvalue weighted by molar-refractivity contribution is 5.71. The number of nitriles is 1. The minimum Gasteiger partial charge on any atom is -0.197 e. The molecule has 0 heterocycles. The van der Waals surface area contributed by atoms with E-state index in [4.69, 9.17) is 0 Å². The van der Waals surface area contributed by atoms with Gasteiger partial charge in [0, 0.05) is 0 Å². The van der Waals surface area contributed by atoms with Crippen LogP contribution in [0.4, 0.5) is 13.2 Å². The van der Waals surface area contributed by atoms with Crippen molar-refractivity contribution in [1.82, 2.24) is 0 Å². The van der Waals surface area contributed by atoms with Crippen LogP contribution in [0, 0.1) is 11.3 Å². The summed E-state index contributed by atoms with van der Waals surface area (Å²) < 4.78 is 37.8. The summed E-state index contributed by atoms with van der Waals surface area (Å²) in [6, 6.07) is 14.9. The van der Waals surface area contributed by atoms with Gasteiger partial charge in [-0.25, -0.2) is 0 Å². The molecule has 4 heteroatoms. The summed E-state index contributed by atoms with van der Waals surface area (Å²) in [6.45, 7) is 0. The SMILES string of the molecule is N#CC1(c2ccccc2-c2ccc(C(F)(F)F)cc2)CC1. The number of nitrogens with zero attached hydrogens (tertiary/aromatic N) is 1. The van der Waals surface area contributed by atoms with Gasteiger partial charge in [-0.2, -0.15) is 18.4 Å². The van der Waals surface area contributed by atoms with Crippen molar-refractivity contribution < 1.29 is 13.2 Å². The van der Waals surface area contributed by atoms with Crippen molar-refractivity contribution in [3.63, 3.8) is 0 Å². The maximum atomic E-state index is 12.6. The molecular formula is C17H12F3N. The van der Waals surface area contributed by atoms with Gasteiger partial charge in [-0.15, -0.1) is 0 Å². The normalized spacial score (nSPS) is 16.3. The molecule has 2 aromatic carbocycles. The number of benzene rings is 2. The Hall–Kier alpha value is -2.28. The van der Waals surface area contributed by atoms with Crippen molar-refractivity contribution in [3.05, 3.63) is 59.7 Å². The first-order valence-electron chi connectivity index (χ1n) is 6.65. The summed E-state index contributed by atoms with van der Waals surface area (Å²) in [5.74, 6) is 0. The molecule has 0 bridgehead atoms. The zero-order valence-electron chi connectivity index (χ0n) is 11.1. The van der Waals surface area contributed by atoms with E-state index >= 15 is 0 Å². The van der Waals surface area contributed by atoms with Crippen LogP contribution in [0.25, 0.3) is 11.1 Å². The van der Waals surface area contributed by atoms with Gasteiger partial charge >= 0.3 is 6.18 Å². The minimum absolute atomic E-state index is 0.459. The average molecular weight is 287 g/mol. The van der Waals surface area contributed by atoms with Crippen LogP contribution in [0.2, 0.25) is 0 Å². The van der Waals surface area contributed by atoms with Gasteiger partial charge in [0.1, 0.15) is 0 Å². The molecule has 0 saturated heterocycles. The van der Waals surface area contributed by atoms with Crippen LogP contribution in [0.15, 0.2) is 48.5 Å². The third-order valence-corrected chi connectivity index (χ3v) is 3.93. The van der Waals surface area contributed by atoms with Crippen LogP contribution < -0.4 is 0 Å². The van der Waals surface area contributed by atoms with Gasteiger partial charge in [-0.1, -0.05) is 36.4 Å². The van der Waals surface area contributed by atoms with Gasteiger partial charge in [0.15, 0.2) is 0 Å². The predicted molar refractivity (Wildman–Crippen MR) is 73.4 cm³/mol. The first-order valence-corrected chi connectivity index (χ1v) is 6.65. The molecule has 0 aromatic heterocycles. The summed E-state index contributed by atoms with van der Waals surface area (Å²) in [5.41, 5.74) is 1.34. The maximum Gasteiger partial charge on any atom is 0.416 e. The third-order valence-electron chi connectivity index (χ3n) is 3.93. The summed E-state index contributed by atoms with van der Waals surface area (Å²) in [7, 11) is 0. The largest absolute Gasteiger partial charge is 0.416 e. The van der Waals surface area contributed by atoms with E-state index in [2.05, 4.69) is 6.07 Å². The van der Waals surface area contributed by atoms with Gasteiger partial charge < -0.3 is 0 Å². The third kappa shape index (κ3) is 2.40. The molecule has 3 rings (SSSR count). The minimum atomic E-state index is -4.33. The molecule has 0 atom stereocenters. The monoisotopic (exact) mass is 287 g/mol. The molecular weight excluding hydrogens is 275 g/mol. The van der Waals surface area contributed by atoms with Crippen molar-refractivity contribution in [1.29, 1.82) is 5.26 Å². The Morgan fingerprint density at radius 1 is 0.952 bits per heavy atom. The molecule has 2 aromatic rings. The molecule has 1 saturated carbocycles. The van der Waals surface area contributed by atoms with E-state index in [1.54, 1.807) is 0 Å². The van der Waals surface area contributed by atoms with Gasteiger partial charge in [0.05, 0.1) is 17.0 Å². The van der Waals surface area contributed by atoms with Gasteiger partial charge in [-0.3, -0.25) is 0 Å². The molecule has 0 amide bonds. The number of rotatable bonds is 2. The van der Waals surface area contributed by atoms with Crippen LogP contribution in [-0.4, -0.2) is 0 Å². The van der Waals surface area contributed by atoms with Crippen LogP contribution in [0.5, 0.6) is 0 Å². The van der Waals surface area contributed by atoms with Gasteiger partial charge in [0.25, 0.3) is 0 Å². The molecule has 1 fully saturated rings. The lowest BCUT2D eigenvalue weighted by atomic mass is 9.89. The first-order chi connectivity index (χ1) is 9.96. The lowest BCUT2D eigenvalue weighted by Crippen LogP contribution is -2.06.